The van der Waals surface area contributed by atoms with E-state index in [9.17, 15) is 0 Å². The maximum Gasteiger partial charge on any atom is 0.148 e. The molecule has 0 fully saturated rings. The molecule has 3 aromatic rings. The Kier molecular flexibility index (Phi) is 11.3. The molecule has 0 unspecified atom stereocenters. The third-order valence-corrected chi connectivity index (χ3v) is 7.42. The molecule has 0 aliphatic carbocycles. The van der Waals surface area contributed by atoms with Gasteiger partial charge >= 0.3 is 0 Å². The first kappa shape index (κ1) is 27.1. The van der Waals surface area contributed by atoms with Crippen LogP contribution < -0.4 is 14.2 Å². The van der Waals surface area contributed by atoms with E-state index in [1.807, 2.05) is 36.4 Å². The number of terminal acetylenes is 1. The average Bonchev–Trinajstić information content (AvgIpc) is 2.88. The molecule has 0 N–H and O–H groups in total. The van der Waals surface area contributed by atoms with Crippen LogP contribution in [-0.4, -0.2) is 6.61 Å². The van der Waals surface area contributed by atoms with Gasteiger partial charge in [-0.15, -0.1) is 6.42 Å². The summed E-state index contributed by atoms with van der Waals surface area (Å²) in [5.74, 6) is 4.87. The Morgan fingerprint density at radius 2 is 0.824 bits per heavy atom. The van der Waals surface area contributed by atoms with Gasteiger partial charge in [-0.2, -0.15) is 0 Å². The molecule has 0 bridgehead atoms. The fraction of sp³-hybridized carbons (Fsp3) is 0.259. The quantitative estimate of drug-likeness (QED) is 0.139. The molecule has 0 saturated heterocycles. The van der Waals surface area contributed by atoms with Gasteiger partial charge in [0.05, 0.1) is 0 Å². The molecular formula is C27H24Br4O3. The molecule has 7 heteroatoms. The second kappa shape index (κ2) is 14.2. The fourth-order valence-corrected chi connectivity index (χ4v) is 4.66. The Bertz CT molecular complexity index is 1020. The molecule has 0 aliphatic heterocycles. The minimum absolute atomic E-state index is 0.203. The van der Waals surface area contributed by atoms with Crippen LogP contribution in [0.1, 0.15) is 33.4 Å². The summed E-state index contributed by atoms with van der Waals surface area (Å²) in [6.45, 7) is 1.01. The summed E-state index contributed by atoms with van der Waals surface area (Å²) >= 11 is 14.1. The highest BCUT2D eigenvalue weighted by atomic mass is 79.9. The SMILES string of the molecule is C#CCOc1cc(COc2cc(CBr)cc(CBr)c2)cc(COc2cc(CBr)cc(CBr)c2)c1. The van der Waals surface area contributed by atoms with Gasteiger partial charge in [0.25, 0.3) is 0 Å². The Labute approximate surface area is 235 Å². The van der Waals surface area contributed by atoms with Crippen LogP contribution in [0.5, 0.6) is 17.2 Å². The van der Waals surface area contributed by atoms with Gasteiger partial charge in [0.2, 0.25) is 0 Å². The van der Waals surface area contributed by atoms with Crippen molar-refractivity contribution >= 4 is 63.7 Å². The third kappa shape index (κ3) is 8.34. The second-order valence-corrected chi connectivity index (χ2v) is 9.80. The van der Waals surface area contributed by atoms with Gasteiger partial charge in [0.1, 0.15) is 37.1 Å². The van der Waals surface area contributed by atoms with Crippen LogP contribution in [0.4, 0.5) is 0 Å². The zero-order chi connectivity index (χ0) is 24.3. The summed E-state index contributed by atoms with van der Waals surface area (Å²) in [7, 11) is 0. The van der Waals surface area contributed by atoms with Crippen molar-refractivity contribution in [1.29, 1.82) is 0 Å². The molecule has 3 nitrogen and oxygen atoms in total. The summed E-state index contributed by atoms with van der Waals surface area (Å²) in [6.07, 6.45) is 5.39. The normalized spacial score (nSPS) is 10.6. The Morgan fingerprint density at radius 1 is 0.500 bits per heavy atom. The largest absolute Gasteiger partial charge is 0.489 e. The first-order chi connectivity index (χ1) is 16.6. The Morgan fingerprint density at radius 3 is 1.18 bits per heavy atom. The van der Waals surface area contributed by atoms with Crippen molar-refractivity contribution in [2.45, 2.75) is 34.5 Å². The van der Waals surface area contributed by atoms with Crippen molar-refractivity contribution in [3.05, 3.63) is 88.0 Å². The first-order valence-corrected chi connectivity index (χ1v) is 15.0. The molecule has 178 valence electrons. The molecule has 0 saturated carbocycles. The van der Waals surface area contributed by atoms with Crippen molar-refractivity contribution in [3.8, 4) is 29.6 Å². The molecule has 3 aromatic carbocycles. The van der Waals surface area contributed by atoms with Gasteiger partial charge in [-0.3, -0.25) is 0 Å². The van der Waals surface area contributed by atoms with Gasteiger partial charge in [0.15, 0.2) is 0 Å². The van der Waals surface area contributed by atoms with Crippen molar-refractivity contribution in [1.82, 2.24) is 0 Å². The van der Waals surface area contributed by atoms with Gasteiger partial charge in [-0.1, -0.05) is 81.8 Å². The monoisotopic (exact) mass is 712 g/mol. The van der Waals surface area contributed by atoms with Gasteiger partial charge in [0, 0.05) is 21.3 Å². The van der Waals surface area contributed by atoms with E-state index in [0.717, 1.165) is 43.9 Å². The van der Waals surface area contributed by atoms with Crippen molar-refractivity contribution < 1.29 is 14.2 Å². The van der Waals surface area contributed by atoms with Crippen LogP contribution in [0.2, 0.25) is 0 Å². The van der Waals surface area contributed by atoms with E-state index in [0.29, 0.717) is 19.0 Å². The summed E-state index contributed by atoms with van der Waals surface area (Å²) in [5.41, 5.74) is 6.63. The predicted octanol–water partition coefficient (Wildman–Crippen LogP) is 8.44. The van der Waals surface area contributed by atoms with Crippen LogP contribution in [-0.2, 0) is 34.5 Å². The summed E-state index contributed by atoms with van der Waals surface area (Å²) < 4.78 is 18.0. The Hall–Kier alpha value is -1.46. The average molecular weight is 716 g/mol. The zero-order valence-electron chi connectivity index (χ0n) is 18.5. The lowest BCUT2D eigenvalue weighted by molar-refractivity contribution is 0.296. The third-order valence-electron chi connectivity index (χ3n) is 4.83. The Balaban J connectivity index is 1.78. The van der Waals surface area contributed by atoms with Crippen LogP contribution in [0.25, 0.3) is 0 Å². The summed E-state index contributed by atoms with van der Waals surface area (Å²) in [6, 6.07) is 18.4. The van der Waals surface area contributed by atoms with Gasteiger partial charge in [-0.25, -0.2) is 0 Å². The van der Waals surface area contributed by atoms with Crippen LogP contribution >= 0.6 is 63.7 Å². The smallest absolute Gasteiger partial charge is 0.148 e. The van der Waals surface area contributed by atoms with E-state index in [1.165, 1.54) is 22.3 Å². The van der Waals surface area contributed by atoms with Gasteiger partial charge < -0.3 is 14.2 Å². The molecule has 0 atom stereocenters. The minimum Gasteiger partial charge on any atom is -0.489 e. The van der Waals surface area contributed by atoms with E-state index in [1.54, 1.807) is 0 Å². The first-order valence-electron chi connectivity index (χ1n) is 10.5. The predicted molar refractivity (Wildman–Crippen MR) is 153 cm³/mol. The number of hydrogen-bond acceptors (Lipinski definition) is 3. The van der Waals surface area contributed by atoms with Crippen molar-refractivity contribution in [3.63, 3.8) is 0 Å². The number of halogens is 4. The molecule has 3 rings (SSSR count). The molecule has 0 spiro atoms. The number of hydrogen-bond donors (Lipinski definition) is 0. The van der Waals surface area contributed by atoms with Crippen LogP contribution in [0.3, 0.4) is 0 Å². The van der Waals surface area contributed by atoms with E-state index in [-0.39, 0.29) is 6.61 Å². The van der Waals surface area contributed by atoms with E-state index >= 15 is 0 Å². The van der Waals surface area contributed by atoms with Crippen molar-refractivity contribution in [2.24, 2.45) is 0 Å². The van der Waals surface area contributed by atoms with Crippen LogP contribution in [0.15, 0.2) is 54.6 Å². The number of alkyl halides is 4. The summed E-state index contributed by atoms with van der Waals surface area (Å²) in [4.78, 5) is 0. The van der Waals surface area contributed by atoms with Crippen LogP contribution in [0, 0.1) is 12.3 Å². The maximum atomic E-state index is 6.13. The zero-order valence-corrected chi connectivity index (χ0v) is 24.8. The number of rotatable bonds is 12. The highest BCUT2D eigenvalue weighted by Crippen LogP contribution is 2.26. The van der Waals surface area contributed by atoms with Gasteiger partial charge in [-0.05, 0) is 75.8 Å². The molecule has 0 radical (unpaired) electrons. The molecule has 0 aliphatic rings. The van der Waals surface area contributed by atoms with Crippen molar-refractivity contribution in [2.75, 3.05) is 6.61 Å². The topological polar surface area (TPSA) is 27.7 Å². The number of benzene rings is 3. The van der Waals surface area contributed by atoms with E-state index < -0.39 is 0 Å². The lowest BCUT2D eigenvalue weighted by Gasteiger charge is -2.14. The number of ether oxygens (including phenoxy) is 3. The maximum absolute atomic E-state index is 6.13. The van der Waals surface area contributed by atoms with E-state index in [4.69, 9.17) is 20.6 Å². The van der Waals surface area contributed by atoms with E-state index in [2.05, 4.69) is 87.8 Å². The molecule has 0 heterocycles. The highest BCUT2D eigenvalue weighted by molar-refractivity contribution is 9.09. The fourth-order valence-electron chi connectivity index (χ4n) is 3.37. The second-order valence-electron chi connectivity index (χ2n) is 7.56. The summed E-state index contributed by atoms with van der Waals surface area (Å²) in [5, 5.41) is 3.09. The minimum atomic E-state index is 0.203. The lowest BCUT2D eigenvalue weighted by Crippen LogP contribution is -2.03. The molecule has 0 aromatic heterocycles. The molecule has 34 heavy (non-hydrogen) atoms. The lowest BCUT2D eigenvalue weighted by atomic mass is 10.1. The standard InChI is InChI=1S/C27H24Br4O3/c1-2-3-32-25-11-23(17-33-26-7-19(13-28)4-20(8-26)14-29)6-24(12-25)18-34-27-9-21(15-30)5-22(10-27)16-31/h1,4-12H,3,13-18H2. The molecule has 0 amide bonds. The molecular weight excluding hydrogens is 692 g/mol. The highest BCUT2D eigenvalue weighted by Gasteiger charge is 2.08.